The van der Waals surface area contributed by atoms with Gasteiger partial charge in [-0.05, 0) is 32.9 Å². The zero-order valence-corrected chi connectivity index (χ0v) is 10.4. The van der Waals surface area contributed by atoms with E-state index in [1.54, 1.807) is 17.6 Å². The van der Waals surface area contributed by atoms with Gasteiger partial charge in [0.25, 0.3) is 0 Å². The highest BCUT2D eigenvalue weighted by molar-refractivity contribution is 9.10. The molecule has 0 saturated carbocycles. The number of thiophene rings is 1. The summed E-state index contributed by atoms with van der Waals surface area (Å²) in [6.45, 7) is 0.980. The first-order valence-corrected chi connectivity index (χ1v) is 6.61. The summed E-state index contributed by atoms with van der Waals surface area (Å²) in [6, 6.07) is 2.35. The summed E-state index contributed by atoms with van der Waals surface area (Å²) in [5.74, 6) is 1.12. The third kappa shape index (κ3) is 1.57. The van der Waals surface area contributed by atoms with Crippen LogP contribution in [0, 0.1) is 0 Å². The van der Waals surface area contributed by atoms with E-state index in [1.807, 2.05) is 0 Å². The molecule has 0 saturated heterocycles. The molecule has 0 aromatic carbocycles. The minimum atomic E-state index is 0.285. The molecule has 2 aromatic heterocycles. The first-order chi connectivity index (χ1) is 7.36. The van der Waals surface area contributed by atoms with Crippen molar-refractivity contribution in [3.63, 3.8) is 0 Å². The third-order valence-electron chi connectivity index (χ3n) is 2.74. The highest BCUT2D eigenvalue weighted by Gasteiger charge is 2.25. The molecule has 1 unspecified atom stereocenters. The van der Waals surface area contributed by atoms with E-state index in [0.29, 0.717) is 0 Å². The number of fused-ring (bicyclic) bond motifs is 1. The third-order valence-corrected chi connectivity index (χ3v) is 4.50. The Balaban J connectivity index is 2.07. The van der Waals surface area contributed by atoms with Crippen molar-refractivity contribution in [1.29, 1.82) is 0 Å². The van der Waals surface area contributed by atoms with Crippen molar-refractivity contribution < 1.29 is 4.42 Å². The van der Waals surface area contributed by atoms with Crippen LogP contribution in [0.1, 0.15) is 22.9 Å². The lowest BCUT2D eigenvalue weighted by Gasteiger charge is -2.23. The molecule has 1 aliphatic heterocycles. The quantitative estimate of drug-likeness (QED) is 0.869. The van der Waals surface area contributed by atoms with Crippen molar-refractivity contribution in [3.05, 3.63) is 44.4 Å². The van der Waals surface area contributed by atoms with Gasteiger partial charge < -0.3 is 9.73 Å². The fraction of sp³-hybridized carbons (Fsp3) is 0.273. The molecule has 0 bridgehead atoms. The van der Waals surface area contributed by atoms with E-state index in [9.17, 15) is 0 Å². The molecule has 1 atom stereocenters. The minimum absolute atomic E-state index is 0.285. The molecule has 0 fully saturated rings. The van der Waals surface area contributed by atoms with Crippen LogP contribution in [0.2, 0.25) is 0 Å². The summed E-state index contributed by atoms with van der Waals surface area (Å²) in [6.07, 6.45) is 2.77. The van der Waals surface area contributed by atoms with Gasteiger partial charge in [0.15, 0.2) is 0 Å². The Kier molecular flexibility index (Phi) is 2.42. The second-order valence-electron chi connectivity index (χ2n) is 3.61. The van der Waals surface area contributed by atoms with Crippen LogP contribution in [0.5, 0.6) is 0 Å². The molecule has 1 aliphatic rings. The van der Waals surface area contributed by atoms with E-state index in [1.165, 1.54) is 15.6 Å². The van der Waals surface area contributed by atoms with Gasteiger partial charge >= 0.3 is 0 Å². The topological polar surface area (TPSA) is 25.2 Å². The Bertz CT molecular complexity index is 476. The molecule has 3 heterocycles. The van der Waals surface area contributed by atoms with Crippen molar-refractivity contribution in [2.45, 2.75) is 12.5 Å². The van der Waals surface area contributed by atoms with E-state index in [-0.39, 0.29) is 6.04 Å². The molecule has 0 radical (unpaired) electrons. The summed E-state index contributed by atoms with van der Waals surface area (Å²) < 4.78 is 6.65. The molecule has 2 nitrogen and oxygen atoms in total. The zero-order valence-electron chi connectivity index (χ0n) is 8.00. The van der Waals surface area contributed by atoms with Crippen molar-refractivity contribution in [2.75, 3.05) is 6.54 Å². The summed E-state index contributed by atoms with van der Waals surface area (Å²) in [5, 5.41) is 7.82. The maximum Gasteiger partial charge on any atom is 0.110 e. The zero-order chi connectivity index (χ0) is 10.3. The van der Waals surface area contributed by atoms with Crippen LogP contribution in [0.25, 0.3) is 0 Å². The van der Waals surface area contributed by atoms with Crippen LogP contribution < -0.4 is 5.32 Å². The molecule has 0 spiro atoms. The van der Waals surface area contributed by atoms with Gasteiger partial charge in [-0.25, -0.2) is 0 Å². The average Bonchev–Trinajstić information content (AvgIpc) is 2.85. The van der Waals surface area contributed by atoms with E-state index in [4.69, 9.17) is 4.42 Å². The number of furan rings is 1. The molecule has 0 amide bonds. The fourth-order valence-electron chi connectivity index (χ4n) is 2.03. The molecular formula is C11H10BrNOS. The van der Waals surface area contributed by atoms with Crippen molar-refractivity contribution in [1.82, 2.24) is 5.32 Å². The molecule has 2 aromatic rings. The monoisotopic (exact) mass is 283 g/mol. The summed E-state index contributed by atoms with van der Waals surface area (Å²) in [5.41, 5.74) is 2.59. The number of nitrogens with one attached hydrogen (secondary N) is 1. The predicted molar refractivity (Wildman–Crippen MR) is 64.3 cm³/mol. The Labute approximate surface area is 100 Å². The highest BCUT2D eigenvalue weighted by atomic mass is 79.9. The van der Waals surface area contributed by atoms with Gasteiger partial charge in [-0.3, -0.25) is 0 Å². The van der Waals surface area contributed by atoms with Gasteiger partial charge in [-0.15, -0.1) is 0 Å². The van der Waals surface area contributed by atoms with Crippen LogP contribution in [0.3, 0.4) is 0 Å². The molecule has 1 N–H and O–H groups in total. The number of rotatable bonds is 1. The van der Waals surface area contributed by atoms with Gasteiger partial charge in [0, 0.05) is 28.4 Å². The molecule has 4 heteroatoms. The van der Waals surface area contributed by atoms with Gasteiger partial charge in [-0.1, -0.05) is 0 Å². The average molecular weight is 284 g/mol. The standard InChI is InChI=1S/C11H10BrNOS/c12-9-6-15-5-8(9)11-7-2-4-14-10(7)1-3-13-11/h2,4-6,11,13H,1,3H2. The number of hydrogen-bond acceptors (Lipinski definition) is 3. The lowest BCUT2D eigenvalue weighted by Crippen LogP contribution is -2.29. The molecule has 15 heavy (non-hydrogen) atoms. The van der Waals surface area contributed by atoms with Gasteiger partial charge in [-0.2, -0.15) is 11.3 Å². The maximum atomic E-state index is 5.47. The molecular weight excluding hydrogens is 274 g/mol. The normalized spacial score (nSPS) is 20.2. The van der Waals surface area contributed by atoms with E-state index < -0.39 is 0 Å². The van der Waals surface area contributed by atoms with Crippen molar-refractivity contribution in [3.8, 4) is 0 Å². The summed E-state index contributed by atoms with van der Waals surface area (Å²) in [4.78, 5) is 0. The first kappa shape index (κ1) is 9.63. The fourth-order valence-corrected chi connectivity index (χ4v) is 3.58. The molecule has 78 valence electrons. The van der Waals surface area contributed by atoms with Gasteiger partial charge in [0.1, 0.15) is 5.76 Å². The van der Waals surface area contributed by atoms with Crippen LogP contribution >= 0.6 is 27.3 Å². The van der Waals surface area contributed by atoms with Crippen molar-refractivity contribution >= 4 is 27.3 Å². The summed E-state index contributed by atoms with van der Waals surface area (Å²) in [7, 11) is 0. The second-order valence-corrected chi connectivity index (χ2v) is 5.21. The smallest absolute Gasteiger partial charge is 0.110 e. The highest BCUT2D eigenvalue weighted by Crippen LogP contribution is 2.35. The second kappa shape index (κ2) is 3.77. The van der Waals surface area contributed by atoms with Crippen molar-refractivity contribution in [2.24, 2.45) is 0 Å². The largest absolute Gasteiger partial charge is 0.469 e. The Morgan fingerprint density at radius 2 is 2.33 bits per heavy atom. The Morgan fingerprint density at radius 3 is 3.13 bits per heavy atom. The van der Waals surface area contributed by atoms with Gasteiger partial charge in [0.05, 0.1) is 12.3 Å². The van der Waals surface area contributed by atoms with Crippen LogP contribution in [0.4, 0.5) is 0 Å². The van der Waals surface area contributed by atoms with E-state index in [2.05, 4.69) is 38.1 Å². The molecule has 0 aliphatic carbocycles. The SMILES string of the molecule is Brc1cscc1C1NCCc2occc21. The van der Waals surface area contributed by atoms with Crippen LogP contribution in [-0.4, -0.2) is 6.54 Å². The lowest BCUT2D eigenvalue weighted by atomic mass is 9.97. The summed E-state index contributed by atoms with van der Waals surface area (Å²) >= 11 is 5.30. The Morgan fingerprint density at radius 1 is 1.40 bits per heavy atom. The van der Waals surface area contributed by atoms with E-state index in [0.717, 1.165) is 18.7 Å². The van der Waals surface area contributed by atoms with Gasteiger partial charge in [0.2, 0.25) is 0 Å². The van der Waals surface area contributed by atoms with Crippen LogP contribution in [-0.2, 0) is 6.42 Å². The Hall–Kier alpha value is -0.580. The maximum absolute atomic E-state index is 5.47. The predicted octanol–water partition coefficient (Wildman–Crippen LogP) is 3.34. The lowest BCUT2D eigenvalue weighted by molar-refractivity contribution is 0.456. The number of hydrogen-bond donors (Lipinski definition) is 1. The first-order valence-electron chi connectivity index (χ1n) is 4.87. The number of halogens is 1. The van der Waals surface area contributed by atoms with Crippen LogP contribution in [0.15, 0.2) is 32.0 Å². The van der Waals surface area contributed by atoms with E-state index >= 15 is 0 Å². The minimum Gasteiger partial charge on any atom is -0.469 e. The molecule has 3 rings (SSSR count).